The van der Waals surface area contributed by atoms with Gasteiger partial charge < -0.3 is 14.8 Å². The molecular weight excluding hydrogens is 675 g/mol. The Hall–Kier alpha value is -5.37. The third-order valence-electron chi connectivity index (χ3n) is 10.6. The van der Waals surface area contributed by atoms with E-state index in [1.54, 1.807) is 0 Å². The lowest BCUT2D eigenvalue weighted by Gasteiger charge is -2.28. The molecule has 0 saturated heterocycles. The van der Waals surface area contributed by atoms with E-state index >= 15 is 0 Å². The number of hydrogen-bond donors (Lipinski definition) is 1. The van der Waals surface area contributed by atoms with Crippen molar-refractivity contribution in [2.75, 3.05) is 9.80 Å². The molecule has 0 atom stereocenters. The Morgan fingerprint density at radius 3 is 1.32 bits per heavy atom. The minimum absolute atomic E-state index is 1.12. The number of hydrogen-bond acceptors (Lipinski definition) is 2. The summed E-state index contributed by atoms with van der Waals surface area (Å²) in [5.41, 5.74) is 11.7. The normalized spacial score (nSPS) is 12.2. The van der Waals surface area contributed by atoms with Crippen LogP contribution in [0.1, 0.15) is 11.1 Å². The molecule has 1 N–H and O–H groups in total. The molecular formula is C48H49N3Si2. The quantitative estimate of drug-likeness (QED) is 0.158. The van der Waals surface area contributed by atoms with Crippen LogP contribution < -0.4 is 20.2 Å². The van der Waals surface area contributed by atoms with Crippen molar-refractivity contribution in [2.45, 2.75) is 53.1 Å². The Bertz CT molecular complexity index is 2570. The SMILES string of the molecule is Cc1ccc(N(c2ccc([Si](C)(C)C)cc2)c2ccc3c(c2)[nH]c2cc(N(c4ccc(C)cc4)c4ccc([Si](C)(C)C)cc4)c4ccccc4c23)cc1. The van der Waals surface area contributed by atoms with E-state index in [4.69, 9.17) is 0 Å². The van der Waals surface area contributed by atoms with Crippen molar-refractivity contribution in [1.29, 1.82) is 0 Å². The number of aromatic amines is 1. The van der Waals surface area contributed by atoms with E-state index in [2.05, 4.69) is 214 Å². The number of fused-ring (bicyclic) bond motifs is 5. The molecule has 1 heterocycles. The highest BCUT2D eigenvalue weighted by molar-refractivity contribution is 6.89. The van der Waals surface area contributed by atoms with Crippen LogP contribution in [-0.4, -0.2) is 21.1 Å². The standard InChI is InChI=1S/C48H49N3Si2/c1-33-13-17-35(18-14-33)50(36-21-26-40(27-22-36)52(3,4)5)39-25-30-44-45(31-39)49-46-32-47(42-11-9-10-12-43(42)48(44)46)51(37-19-15-34(2)16-20-37)38-23-28-41(29-24-38)53(6,7)8/h9-32,49H,1-8H3. The van der Waals surface area contributed by atoms with Gasteiger partial charge >= 0.3 is 0 Å². The molecule has 5 heteroatoms. The zero-order valence-electron chi connectivity index (χ0n) is 32.3. The molecule has 0 spiro atoms. The molecule has 0 fully saturated rings. The molecule has 264 valence electrons. The topological polar surface area (TPSA) is 22.3 Å². The van der Waals surface area contributed by atoms with Crippen LogP contribution in [0.2, 0.25) is 39.3 Å². The summed E-state index contributed by atoms with van der Waals surface area (Å²) < 4.78 is 0. The first-order valence-corrected chi connectivity index (χ1v) is 25.8. The van der Waals surface area contributed by atoms with Gasteiger partial charge in [-0.1, -0.05) is 140 Å². The smallest absolute Gasteiger partial charge is 0.0775 e. The third kappa shape index (κ3) is 6.60. The van der Waals surface area contributed by atoms with E-state index < -0.39 is 16.1 Å². The number of nitrogens with zero attached hydrogens (tertiary/aromatic N) is 2. The third-order valence-corrected chi connectivity index (χ3v) is 14.8. The number of anilines is 6. The van der Waals surface area contributed by atoms with Crippen molar-refractivity contribution in [3.8, 4) is 0 Å². The second kappa shape index (κ2) is 13.2. The van der Waals surface area contributed by atoms with Gasteiger partial charge in [0.1, 0.15) is 0 Å². The summed E-state index contributed by atoms with van der Waals surface area (Å²) >= 11 is 0. The van der Waals surface area contributed by atoms with Crippen molar-refractivity contribution < 1.29 is 0 Å². The van der Waals surface area contributed by atoms with E-state index in [0.29, 0.717) is 0 Å². The van der Waals surface area contributed by atoms with Crippen LogP contribution in [0.25, 0.3) is 32.6 Å². The maximum absolute atomic E-state index is 3.90. The van der Waals surface area contributed by atoms with Crippen molar-refractivity contribution >= 4 is 93.2 Å². The molecule has 53 heavy (non-hydrogen) atoms. The molecule has 0 aliphatic carbocycles. The Morgan fingerprint density at radius 1 is 0.396 bits per heavy atom. The number of benzene rings is 7. The van der Waals surface area contributed by atoms with Gasteiger partial charge in [0, 0.05) is 55.6 Å². The average Bonchev–Trinajstić information content (AvgIpc) is 3.51. The molecule has 0 aliphatic heterocycles. The molecule has 3 nitrogen and oxygen atoms in total. The zero-order valence-corrected chi connectivity index (χ0v) is 34.3. The van der Waals surface area contributed by atoms with Crippen LogP contribution in [0.5, 0.6) is 0 Å². The summed E-state index contributed by atoms with van der Waals surface area (Å²) in [7, 11) is -2.88. The Morgan fingerprint density at radius 2 is 0.830 bits per heavy atom. The fourth-order valence-electron chi connectivity index (χ4n) is 7.55. The van der Waals surface area contributed by atoms with E-state index in [1.807, 2.05) is 0 Å². The Balaban J connectivity index is 1.32. The predicted molar refractivity (Wildman–Crippen MR) is 238 cm³/mol. The van der Waals surface area contributed by atoms with Gasteiger partial charge in [-0.05, 0) is 86.0 Å². The summed E-state index contributed by atoms with van der Waals surface area (Å²) in [6.07, 6.45) is 0. The van der Waals surface area contributed by atoms with Crippen molar-refractivity contribution in [3.63, 3.8) is 0 Å². The summed E-state index contributed by atoms with van der Waals surface area (Å²) in [6.45, 7) is 18.7. The summed E-state index contributed by atoms with van der Waals surface area (Å²) in [5, 5.41) is 7.88. The minimum atomic E-state index is -1.45. The van der Waals surface area contributed by atoms with E-state index in [1.165, 1.54) is 43.0 Å². The molecule has 1 aromatic heterocycles. The molecule has 0 unspecified atom stereocenters. The summed E-state index contributed by atoms with van der Waals surface area (Å²) in [4.78, 5) is 8.71. The highest BCUT2D eigenvalue weighted by Gasteiger charge is 2.23. The maximum atomic E-state index is 3.90. The van der Waals surface area contributed by atoms with E-state index in [-0.39, 0.29) is 0 Å². The van der Waals surface area contributed by atoms with Crippen LogP contribution >= 0.6 is 0 Å². The second-order valence-electron chi connectivity index (χ2n) is 16.7. The van der Waals surface area contributed by atoms with Gasteiger partial charge in [-0.15, -0.1) is 0 Å². The molecule has 0 bridgehead atoms. The fraction of sp³-hybridized carbons (Fsp3) is 0.167. The predicted octanol–water partition coefficient (Wildman–Crippen LogP) is 13.1. The first-order valence-electron chi connectivity index (χ1n) is 18.8. The fourth-order valence-corrected chi connectivity index (χ4v) is 9.88. The molecule has 0 radical (unpaired) electrons. The number of aryl methyl sites for hydroxylation is 2. The minimum Gasteiger partial charge on any atom is -0.354 e. The molecule has 8 aromatic rings. The van der Waals surface area contributed by atoms with Crippen LogP contribution in [0.4, 0.5) is 34.1 Å². The van der Waals surface area contributed by atoms with Gasteiger partial charge in [-0.2, -0.15) is 0 Å². The highest BCUT2D eigenvalue weighted by atomic mass is 28.3. The lowest BCUT2D eigenvalue weighted by atomic mass is 10.0. The van der Waals surface area contributed by atoms with E-state index in [9.17, 15) is 0 Å². The van der Waals surface area contributed by atoms with Crippen molar-refractivity contribution in [1.82, 2.24) is 4.98 Å². The Labute approximate surface area is 316 Å². The number of rotatable bonds is 8. The highest BCUT2D eigenvalue weighted by Crippen LogP contribution is 2.45. The van der Waals surface area contributed by atoms with Crippen LogP contribution in [0.3, 0.4) is 0 Å². The van der Waals surface area contributed by atoms with Gasteiger partial charge in [0.05, 0.1) is 21.8 Å². The second-order valence-corrected chi connectivity index (χ2v) is 26.8. The van der Waals surface area contributed by atoms with Gasteiger partial charge in [0.25, 0.3) is 0 Å². The van der Waals surface area contributed by atoms with Gasteiger partial charge in [-0.25, -0.2) is 0 Å². The van der Waals surface area contributed by atoms with Gasteiger partial charge in [0.2, 0.25) is 0 Å². The molecule has 0 aliphatic rings. The largest absolute Gasteiger partial charge is 0.354 e. The zero-order chi connectivity index (χ0) is 37.1. The van der Waals surface area contributed by atoms with Crippen LogP contribution in [0.15, 0.2) is 146 Å². The van der Waals surface area contributed by atoms with Crippen LogP contribution in [0, 0.1) is 13.8 Å². The number of aromatic nitrogens is 1. The van der Waals surface area contributed by atoms with Gasteiger partial charge in [0.15, 0.2) is 0 Å². The molecule has 8 rings (SSSR count). The van der Waals surface area contributed by atoms with Gasteiger partial charge in [-0.3, -0.25) is 0 Å². The average molecular weight is 724 g/mol. The van der Waals surface area contributed by atoms with E-state index in [0.717, 1.165) is 45.2 Å². The molecule has 7 aromatic carbocycles. The monoisotopic (exact) mass is 723 g/mol. The molecule has 0 saturated carbocycles. The van der Waals surface area contributed by atoms with Crippen LogP contribution in [-0.2, 0) is 0 Å². The molecule has 0 amide bonds. The van der Waals surface area contributed by atoms with Crippen molar-refractivity contribution in [3.05, 3.63) is 157 Å². The first kappa shape index (κ1) is 34.7. The number of nitrogens with one attached hydrogen (secondary N) is 1. The lowest BCUT2D eigenvalue weighted by Crippen LogP contribution is -2.37. The first-order chi connectivity index (χ1) is 25.3. The summed E-state index contributed by atoms with van der Waals surface area (Å²) in [6, 6.07) is 54.5. The van der Waals surface area contributed by atoms with Crippen molar-refractivity contribution in [2.24, 2.45) is 0 Å². The number of H-pyrrole nitrogens is 1. The maximum Gasteiger partial charge on any atom is 0.0775 e. The Kier molecular flexibility index (Phi) is 8.67. The summed E-state index contributed by atoms with van der Waals surface area (Å²) in [5.74, 6) is 0. The lowest BCUT2D eigenvalue weighted by molar-refractivity contribution is 1.28.